The van der Waals surface area contributed by atoms with Gasteiger partial charge in [0.1, 0.15) is 0 Å². The summed E-state index contributed by atoms with van der Waals surface area (Å²) in [5, 5.41) is 9.35. The Bertz CT molecular complexity index is 741. The minimum atomic E-state index is -0.0857. The van der Waals surface area contributed by atoms with E-state index in [2.05, 4.69) is 20.9 Å². The van der Waals surface area contributed by atoms with Crippen LogP contribution in [-0.2, 0) is 4.79 Å². The average molecular weight is 366 g/mol. The molecule has 1 saturated heterocycles. The number of amides is 1. The van der Waals surface area contributed by atoms with Crippen LogP contribution in [0.3, 0.4) is 0 Å². The summed E-state index contributed by atoms with van der Waals surface area (Å²) in [5.74, 6) is -0.111. The fourth-order valence-corrected chi connectivity index (χ4v) is 3.04. The Morgan fingerprint density at radius 2 is 1.59 bits per heavy atom. The van der Waals surface area contributed by atoms with E-state index < -0.39 is 0 Å². The van der Waals surface area contributed by atoms with Crippen LogP contribution in [-0.4, -0.2) is 62.4 Å². The lowest BCUT2D eigenvalue weighted by molar-refractivity contribution is -0.115. The van der Waals surface area contributed by atoms with Gasteiger partial charge in [0.2, 0.25) is 5.91 Å². The van der Waals surface area contributed by atoms with Gasteiger partial charge in [-0.3, -0.25) is 14.5 Å². The van der Waals surface area contributed by atoms with Crippen LogP contribution in [0.5, 0.6) is 0 Å². The molecule has 2 aromatic carbocycles. The predicted octanol–water partition coefficient (Wildman–Crippen LogP) is 1.35. The molecular formula is C21H26N4O2. The summed E-state index contributed by atoms with van der Waals surface area (Å²) >= 11 is 0. The summed E-state index contributed by atoms with van der Waals surface area (Å²) in [6.45, 7) is 6.19. The molecule has 3 N–H and O–H groups in total. The second kappa shape index (κ2) is 9.97. The van der Waals surface area contributed by atoms with E-state index in [4.69, 9.17) is 0 Å². The third kappa shape index (κ3) is 5.99. The average Bonchev–Trinajstić information content (AvgIpc) is 2.73. The molecule has 142 valence electrons. The Kier molecular flexibility index (Phi) is 7.10. The lowest BCUT2D eigenvalue weighted by Gasteiger charge is -2.27. The lowest BCUT2D eigenvalue weighted by atomic mass is 10.0. The van der Waals surface area contributed by atoms with Gasteiger partial charge in [-0.15, -0.1) is 0 Å². The third-order valence-electron chi connectivity index (χ3n) is 4.57. The van der Waals surface area contributed by atoms with Crippen LogP contribution in [0.1, 0.15) is 15.9 Å². The summed E-state index contributed by atoms with van der Waals surface area (Å²) in [6.07, 6.45) is 0. The molecule has 0 atom stereocenters. The second-order valence-electron chi connectivity index (χ2n) is 6.59. The van der Waals surface area contributed by atoms with Crippen molar-refractivity contribution in [2.75, 3.05) is 51.1 Å². The molecule has 0 unspecified atom stereocenters. The highest BCUT2D eigenvalue weighted by molar-refractivity contribution is 6.09. The molecule has 0 bridgehead atoms. The quantitative estimate of drug-likeness (QED) is 0.486. The van der Waals surface area contributed by atoms with Crippen molar-refractivity contribution in [3.63, 3.8) is 0 Å². The molecule has 0 aromatic heterocycles. The fourth-order valence-electron chi connectivity index (χ4n) is 3.04. The normalized spacial score (nSPS) is 14.7. The summed E-state index contributed by atoms with van der Waals surface area (Å²) in [5.41, 5.74) is 1.95. The molecule has 1 aliphatic rings. The number of nitrogens with one attached hydrogen (secondary N) is 3. The lowest BCUT2D eigenvalue weighted by Crippen LogP contribution is -2.46. The van der Waals surface area contributed by atoms with Crippen molar-refractivity contribution < 1.29 is 9.59 Å². The minimum Gasteiger partial charge on any atom is -0.325 e. The Balaban J connectivity index is 1.41. The third-order valence-corrected chi connectivity index (χ3v) is 4.57. The van der Waals surface area contributed by atoms with E-state index in [9.17, 15) is 9.59 Å². The van der Waals surface area contributed by atoms with Gasteiger partial charge in [0.25, 0.3) is 0 Å². The highest BCUT2D eigenvalue weighted by atomic mass is 16.2. The Hall–Kier alpha value is -2.54. The number of rotatable bonds is 8. The van der Waals surface area contributed by atoms with Crippen LogP contribution in [0, 0.1) is 0 Å². The number of ketones is 1. The zero-order valence-electron chi connectivity index (χ0n) is 15.4. The number of hydrogen-bond acceptors (Lipinski definition) is 5. The Morgan fingerprint density at radius 1 is 0.926 bits per heavy atom. The molecule has 6 nitrogen and oxygen atoms in total. The van der Waals surface area contributed by atoms with Gasteiger partial charge in [-0.05, 0) is 24.3 Å². The maximum absolute atomic E-state index is 12.4. The molecule has 1 heterocycles. The fraction of sp³-hybridized carbons (Fsp3) is 0.333. The topological polar surface area (TPSA) is 73.5 Å². The summed E-state index contributed by atoms with van der Waals surface area (Å²) < 4.78 is 0. The van der Waals surface area contributed by atoms with Crippen LogP contribution in [0.25, 0.3) is 0 Å². The first-order valence-corrected chi connectivity index (χ1v) is 9.36. The SMILES string of the molecule is O=C(CNCCN1CCNCC1)Nc1ccc(C(=O)c2ccccc2)cc1. The van der Waals surface area contributed by atoms with Crippen LogP contribution < -0.4 is 16.0 Å². The molecule has 1 amide bonds. The van der Waals surface area contributed by atoms with Crippen LogP contribution >= 0.6 is 0 Å². The van der Waals surface area contributed by atoms with E-state index in [1.54, 1.807) is 36.4 Å². The number of anilines is 1. The minimum absolute atomic E-state index is 0.0249. The highest BCUT2D eigenvalue weighted by Crippen LogP contribution is 2.13. The van der Waals surface area contributed by atoms with Crippen molar-refractivity contribution in [2.24, 2.45) is 0 Å². The molecule has 3 rings (SSSR count). The highest BCUT2D eigenvalue weighted by Gasteiger charge is 2.10. The first-order valence-electron chi connectivity index (χ1n) is 9.36. The van der Waals surface area contributed by atoms with E-state index in [0.717, 1.165) is 39.3 Å². The predicted molar refractivity (Wildman–Crippen MR) is 107 cm³/mol. The first kappa shape index (κ1) is 19.2. The van der Waals surface area contributed by atoms with Crippen LogP contribution in [0.2, 0.25) is 0 Å². The summed E-state index contributed by atoms with van der Waals surface area (Å²) in [4.78, 5) is 26.8. The van der Waals surface area contributed by atoms with Crippen molar-refractivity contribution in [2.45, 2.75) is 0 Å². The van der Waals surface area contributed by atoms with Crippen molar-refractivity contribution in [3.8, 4) is 0 Å². The number of nitrogens with zero attached hydrogens (tertiary/aromatic N) is 1. The van der Waals surface area contributed by atoms with Gasteiger partial charge in [-0.2, -0.15) is 0 Å². The zero-order valence-corrected chi connectivity index (χ0v) is 15.4. The van der Waals surface area contributed by atoms with Crippen LogP contribution in [0.15, 0.2) is 54.6 Å². The molecule has 2 aromatic rings. The summed E-state index contributed by atoms with van der Waals surface area (Å²) in [6, 6.07) is 16.2. The van der Waals surface area contributed by atoms with Gasteiger partial charge in [-0.1, -0.05) is 30.3 Å². The number of carbonyl (C=O) groups is 2. The number of hydrogen-bond donors (Lipinski definition) is 3. The van der Waals surface area contributed by atoms with Gasteiger partial charge in [0.05, 0.1) is 6.54 Å². The van der Waals surface area contributed by atoms with Gasteiger partial charge in [0, 0.05) is 56.1 Å². The van der Waals surface area contributed by atoms with Crippen molar-refractivity contribution >= 4 is 17.4 Å². The van der Waals surface area contributed by atoms with Crippen molar-refractivity contribution in [3.05, 3.63) is 65.7 Å². The summed E-state index contributed by atoms with van der Waals surface area (Å²) in [7, 11) is 0. The zero-order chi connectivity index (χ0) is 18.9. The van der Waals surface area contributed by atoms with Crippen molar-refractivity contribution in [1.29, 1.82) is 0 Å². The Labute approximate surface area is 159 Å². The molecule has 0 saturated carbocycles. The molecule has 0 aliphatic carbocycles. The number of benzene rings is 2. The second-order valence-corrected chi connectivity index (χ2v) is 6.59. The van der Waals surface area contributed by atoms with Crippen LogP contribution in [0.4, 0.5) is 5.69 Å². The maximum atomic E-state index is 12.4. The van der Waals surface area contributed by atoms with E-state index in [0.29, 0.717) is 16.8 Å². The molecule has 0 radical (unpaired) electrons. The van der Waals surface area contributed by atoms with E-state index in [-0.39, 0.29) is 18.2 Å². The smallest absolute Gasteiger partial charge is 0.238 e. The molecule has 1 fully saturated rings. The van der Waals surface area contributed by atoms with Gasteiger partial charge in [0.15, 0.2) is 5.78 Å². The Morgan fingerprint density at radius 3 is 2.30 bits per heavy atom. The van der Waals surface area contributed by atoms with E-state index in [1.165, 1.54) is 0 Å². The maximum Gasteiger partial charge on any atom is 0.238 e. The van der Waals surface area contributed by atoms with Gasteiger partial charge >= 0.3 is 0 Å². The van der Waals surface area contributed by atoms with E-state index in [1.807, 2.05) is 18.2 Å². The molecule has 1 aliphatic heterocycles. The number of carbonyl (C=O) groups excluding carboxylic acids is 2. The molecule has 0 spiro atoms. The number of piperazine rings is 1. The molecule has 6 heteroatoms. The van der Waals surface area contributed by atoms with Gasteiger partial charge < -0.3 is 16.0 Å². The monoisotopic (exact) mass is 366 g/mol. The van der Waals surface area contributed by atoms with Gasteiger partial charge in [-0.25, -0.2) is 0 Å². The molecule has 27 heavy (non-hydrogen) atoms. The van der Waals surface area contributed by atoms with Crippen molar-refractivity contribution in [1.82, 2.24) is 15.5 Å². The molecular weight excluding hydrogens is 340 g/mol. The first-order chi connectivity index (χ1) is 13.2. The largest absolute Gasteiger partial charge is 0.325 e. The standard InChI is InChI=1S/C21H26N4O2/c26-20(16-23-12-15-25-13-10-22-11-14-25)24-19-8-6-18(7-9-19)21(27)17-4-2-1-3-5-17/h1-9,22-23H,10-16H2,(H,24,26). The van der Waals surface area contributed by atoms with E-state index >= 15 is 0 Å².